The Morgan fingerprint density at radius 3 is 2.67 bits per heavy atom. The maximum absolute atomic E-state index is 11.3. The van der Waals surface area contributed by atoms with E-state index in [1.54, 1.807) is 13.8 Å². The van der Waals surface area contributed by atoms with Crippen LogP contribution in [0, 0.1) is 0 Å². The van der Waals surface area contributed by atoms with E-state index in [1.165, 1.54) is 0 Å². The predicted molar refractivity (Wildman–Crippen MR) is 71.4 cm³/mol. The molecule has 21 heavy (non-hydrogen) atoms. The highest BCUT2D eigenvalue weighted by atomic mass is 16.8. The minimum absolute atomic E-state index is 0.297. The van der Waals surface area contributed by atoms with Crippen LogP contribution in [0.3, 0.4) is 0 Å². The third-order valence-corrected chi connectivity index (χ3v) is 3.52. The Morgan fingerprint density at radius 2 is 2.00 bits per heavy atom. The molecular formula is C15H18O6. The van der Waals surface area contributed by atoms with Crippen LogP contribution in [0.2, 0.25) is 0 Å². The molecule has 6 heteroatoms. The third-order valence-electron chi connectivity index (χ3n) is 3.52. The van der Waals surface area contributed by atoms with E-state index in [9.17, 15) is 9.90 Å². The van der Waals surface area contributed by atoms with Crippen molar-refractivity contribution < 1.29 is 28.8 Å². The van der Waals surface area contributed by atoms with E-state index in [4.69, 9.17) is 18.9 Å². The topological polar surface area (TPSA) is 74.2 Å². The largest absolute Gasteiger partial charge is 0.479 e. The molecule has 4 unspecified atom stereocenters. The lowest BCUT2D eigenvalue weighted by Crippen LogP contribution is -2.40. The Labute approximate surface area is 122 Å². The molecule has 0 radical (unpaired) electrons. The monoisotopic (exact) mass is 294 g/mol. The van der Waals surface area contributed by atoms with Crippen molar-refractivity contribution in [1.29, 1.82) is 0 Å². The normalized spacial score (nSPS) is 33.8. The van der Waals surface area contributed by atoms with Crippen molar-refractivity contribution in [3.63, 3.8) is 0 Å². The number of ether oxygens (including phenoxy) is 4. The average Bonchev–Trinajstić information content (AvgIpc) is 2.90. The van der Waals surface area contributed by atoms with Crippen molar-refractivity contribution in [2.75, 3.05) is 0 Å². The van der Waals surface area contributed by atoms with Crippen LogP contribution in [-0.4, -0.2) is 41.5 Å². The Hall–Kier alpha value is -1.47. The standard InChI is InChI=1S/C15H18O6/c1-15(2)20-12-10(11(13(16)17)19-14(12)21-15)18-8-9-6-4-3-5-7-9/h3-7,10-12,14H,8H2,1-2H3,(H,16,17). The second-order valence-corrected chi connectivity index (χ2v) is 5.62. The summed E-state index contributed by atoms with van der Waals surface area (Å²) in [6.07, 6.45) is -3.03. The first-order valence-electron chi connectivity index (χ1n) is 6.86. The van der Waals surface area contributed by atoms with Gasteiger partial charge in [-0.1, -0.05) is 30.3 Å². The van der Waals surface area contributed by atoms with Gasteiger partial charge in [-0.15, -0.1) is 0 Å². The Bertz CT molecular complexity index is 514. The Kier molecular flexibility index (Phi) is 3.71. The fraction of sp³-hybridized carbons (Fsp3) is 0.533. The number of carbonyl (C=O) groups is 1. The van der Waals surface area contributed by atoms with Gasteiger partial charge in [0.05, 0.1) is 6.61 Å². The number of hydrogen-bond donors (Lipinski definition) is 1. The molecule has 2 aliphatic heterocycles. The van der Waals surface area contributed by atoms with Crippen LogP contribution in [0.4, 0.5) is 0 Å². The molecule has 2 heterocycles. The summed E-state index contributed by atoms with van der Waals surface area (Å²) in [7, 11) is 0. The smallest absolute Gasteiger partial charge is 0.335 e. The summed E-state index contributed by atoms with van der Waals surface area (Å²) < 4.78 is 22.4. The summed E-state index contributed by atoms with van der Waals surface area (Å²) in [4.78, 5) is 11.3. The van der Waals surface area contributed by atoms with Gasteiger partial charge >= 0.3 is 5.97 Å². The molecule has 1 aromatic carbocycles. The van der Waals surface area contributed by atoms with Gasteiger partial charge in [0.2, 0.25) is 0 Å². The lowest BCUT2D eigenvalue weighted by atomic mass is 10.1. The molecule has 0 spiro atoms. The van der Waals surface area contributed by atoms with Gasteiger partial charge in [0.25, 0.3) is 0 Å². The summed E-state index contributed by atoms with van der Waals surface area (Å²) >= 11 is 0. The van der Waals surface area contributed by atoms with Crippen LogP contribution in [0.15, 0.2) is 30.3 Å². The minimum atomic E-state index is -1.08. The van der Waals surface area contributed by atoms with E-state index in [-0.39, 0.29) is 0 Å². The van der Waals surface area contributed by atoms with Crippen LogP contribution in [0.1, 0.15) is 19.4 Å². The zero-order chi connectivity index (χ0) is 15.0. The fourth-order valence-electron chi connectivity index (χ4n) is 2.63. The number of fused-ring (bicyclic) bond motifs is 1. The van der Waals surface area contributed by atoms with E-state index in [0.29, 0.717) is 6.61 Å². The number of aliphatic carboxylic acids is 1. The second kappa shape index (κ2) is 5.38. The van der Waals surface area contributed by atoms with Crippen molar-refractivity contribution in [3.8, 4) is 0 Å². The number of carboxylic acids is 1. The summed E-state index contributed by atoms with van der Waals surface area (Å²) in [5.41, 5.74) is 0.961. The second-order valence-electron chi connectivity index (χ2n) is 5.62. The van der Waals surface area contributed by atoms with Crippen molar-refractivity contribution in [2.24, 2.45) is 0 Å². The predicted octanol–water partition coefficient (Wildman–Crippen LogP) is 1.53. The SMILES string of the molecule is CC1(C)OC2OC(C(=O)O)C(OCc3ccccc3)C2O1. The molecule has 1 aromatic rings. The van der Waals surface area contributed by atoms with Crippen molar-refractivity contribution >= 4 is 5.97 Å². The van der Waals surface area contributed by atoms with E-state index >= 15 is 0 Å². The van der Waals surface area contributed by atoms with E-state index < -0.39 is 36.4 Å². The lowest BCUT2D eigenvalue weighted by molar-refractivity contribution is -0.223. The van der Waals surface area contributed by atoms with Crippen molar-refractivity contribution in [1.82, 2.24) is 0 Å². The van der Waals surface area contributed by atoms with Crippen LogP contribution in [-0.2, 0) is 30.3 Å². The number of carboxylic acid groups (broad SMARTS) is 1. The zero-order valence-electron chi connectivity index (χ0n) is 11.9. The van der Waals surface area contributed by atoms with E-state index in [2.05, 4.69) is 0 Å². The quantitative estimate of drug-likeness (QED) is 0.908. The molecule has 0 aromatic heterocycles. The summed E-state index contributed by atoms with van der Waals surface area (Å²) in [5.74, 6) is -1.87. The molecule has 2 fully saturated rings. The zero-order valence-corrected chi connectivity index (χ0v) is 11.9. The van der Waals surface area contributed by atoms with Gasteiger partial charge in [0.1, 0.15) is 12.2 Å². The van der Waals surface area contributed by atoms with E-state index in [1.807, 2.05) is 30.3 Å². The van der Waals surface area contributed by atoms with Crippen LogP contribution in [0.5, 0.6) is 0 Å². The molecule has 0 saturated carbocycles. The van der Waals surface area contributed by atoms with Crippen LogP contribution >= 0.6 is 0 Å². The molecule has 114 valence electrons. The Balaban J connectivity index is 1.72. The van der Waals surface area contributed by atoms with Gasteiger partial charge in [0, 0.05) is 0 Å². The minimum Gasteiger partial charge on any atom is -0.479 e. The van der Waals surface area contributed by atoms with Crippen molar-refractivity contribution in [2.45, 2.75) is 50.8 Å². The first kappa shape index (κ1) is 14.5. The molecule has 2 aliphatic rings. The summed E-state index contributed by atoms with van der Waals surface area (Å²) in [6, 6.07) is 9.55. The fourth-order valence-corrected chi connectivity index (χ4v) is 2.63. The lowest BCUT2D eigenvalue weighted by Gasteiger charge is -2.24. The van der Waals surface area contributed by atoms with Gasteiger partial charge < -0.3 is 24.1 Å². The number of rotatable bonds is 4. The van der Waals surface area contributed by atoms with Crippen LogP contribution in [0.25, 0.3) is 0 Å². The number of benzene rings is 1. The molecule has 6 nitrogen and oxygen atoms in total. The highest BCUT2D eigenvalue weighted by Crippen LogP contribution is 2.39. The molecule has 2 saturated heterocycles. The van der Waals surface area contributed by atoms with Crippen LogP contribution < -0.4 is 0 Å². The molecule has 0 amide bonds. The van der Waals surface area contributed by atoms with Gasteiger partial charge in [-0.3, -0.25) is 0 Å². The third kappa shape index (κ3) is 2.94. The molecule has 0 bridgehead atoms. The molecular weight excluding hydrogens is 276 g/mol. The maximum atomic E-state index is 11.3. The average molecular weight is 294 g/mol. The van der Waals surface area contributed by atoms with Gasteiger partial charge in [-0.2, -0.15) is 0 Å². The molecule has 4 atom stereocenters. The highest BCUT2D eigenvalue weighted by Gasteiger charge is 2.57. The Morgan fingerprint density at radius 1 is 1.29 bits per heavy atom. The first-order valence-corrected chi connectivity index (χ1v) is 6.86. The molecule has 3 rings (SSSR count). The summed E-state index contributed by atoms with van der Waals surface area (Å²) in [5, 5.41) is 9.25. The first-order chi connectivity index (χ1) is 9.96. The van der Waals surface area contributed by atoms with Gasteiger partial charge in [-0.05, 0) is 19.4 Å². The number of hydrogen-bond acceptors (Lipinski definition) is 5. The van der Waals surface area contributed by atoms with E-state index in [0.717, 1.165) is 5.56 Å². The van der Waals surface area contributed by atoms with Gasteiger partial charge in [0.15, 0.2) is 18.2 Å². The van der Waals surface area contributed by atoms with Gasteiger partial charge in [-0.25, -0.2) is 4.79 Å². The maximum Gasteiger partial charge on any atom is 0.335 e. The highest BCUT2D eigenvalue weighted by molar-refractivity contribution is 5.73. The summed E-state index contributed by atoms with van der Waals surface area (Å²) in [6.45, 7) is 3.82. The van der Waals surface area contributed by atoms with Crippen molar-refractivity contribution in [3.05, 3.63) is 35.9 Å². The molecule has 1 N–H and O–H groups in total. The molecule has 0 aliphatic carbocycles.